The SMILES string of the molecule is O=C(NCCOc1ccccc1)N1CCCC(c2nnc(-c3ccccc3F)s2)C1. The van der Waals surface area contributed by atoms with E-state index in [0.717, 1.165) is 23.6 Å². The van der Waals surface area contributed by atoms with E-state index in [9.17, 15) is 9.18 Å². The number of urea groups is 1. The standard InChI is InChI=1S/C22H23FN4O2S/c23-19-11-5-4-10-18(19)21-26-25-20(30-21)16-7-6-13-27(15-16)22(28)24-12-14-29-17-8-2-1-3-9-17/h1-5,8-11,16H,6-7,12-15H2,(H,24,28). The molecule has 0 radical (unpaired) electrons. The molecule has 6 nitrogen and oxygen atoms in total. The van der Waals surface area contributed by atoms with E-state index >= 15 is 0 Å². The van der Waals surface area contributed by atoms with E-state index in [1.165, 1.54) is 17.4 Å². The highest BCUT2D eigenvalue weighted by molar-refractivity contribution is 7.14. The first kappa shape index (κ1) is 20.3. The molecule has 1 unspecified atom stereocenters. The van der Waals surface area contributed by atoms with Crippen LogP contribution < -0.4 is 10.1 Å². The second kappa shape index (κ2) is 9.67. The van der Waals surface area contributed by atoms with Crippen molar-refractivity contribution >= 4 is 17.4 Å². The van der Waals surface area contributed by atoms with Crippen molar-refractivity contribution in [2.75, 3.05) is 26.2 Å². The van der Waals surface area contributed by atoms with E-state index in [2.05, 4.69) is 15.5 Å². The Kier molecular flexibility index (Phi) is 6.53. The molecule has 1 aliphatic rings. The summed E-state index contributed by atoms with van der Waals surface area (Å²) in [6.45, 7) is 2.14. The summed E-state index contributed by atoms with van der Waals surface area (Å²) in [6.07, 6.45) is 1.83. The number of likely N-dealkylation sites (tertiary alicyclic amines) is 1. The van der Waals surface area contributed by atoms with Crippen LogP contribution in [0.25, 0.3) is 10.6 Å². The monoisotopic (exact) mass is 426 g/mol. The first-order valence-corrected chi connectivity index (χ1v) is 10.8. The second-order valence-corrected chi connectivity index (χ2v) is 8.11. The van der Waals surface area contributed by atoms with Crippen LogP contribution in [0.3, 0.4) is 0 Å². The van der Waals surface area contributed by atoms with Gasteiger partial charge in [0.05, 0.1) is 6.54 Å². The van der Waals surface area contributed by atoms with Crippen molar-refractivity contribution in [1.29, 1.82) is 0 Å². The lowest BCUT2D eigenvalue weighted by Gasteiger charge is -2.31. The zero-order chi connectivity index (χ0) is 20.8. The maximum Gasteiger partial charge on any atom is 0.317 e. The zero-order valence-corrected chi connectivity index (χ0v) is 17.3. The molecule has 0 bridgehead atoms. The molecule has 0 aliphatic carbocycles. The smallest absolute Gasteiger partial charge is 0.317 e. The first-order chi connectivity index (χ1) is 14.7. The molecule has 4 rings (SSSR count). The maximum absolute atomic E-state index is 14.0. The predicted molar refractivity (Wildman–Crippen MR) is 114 cm³/mol. The summed E-state index contributed by atoms with van der Waals surface area (Å²) in [6, 6.07) is 16.0. The van der Waals surface area contributed by atoms with Gasteiger partial charge in [0.1, 0.15) is 23.2 Å². The van der Waals surface area contributed by atoms with Gasteiger partial charge in [-0.3, -0.25) is 0 Å². The van der Waals surface area contributed by atoms with E-state index in [4.69, 9.17) is 4.74 Å². The number of piperidine rings is 1. The average Bonchev–Trinajstić information content (AvgIpc) is 3.28. The number of halogens is 1. The minimum absolute atomic E-state index is 0.102. The summed E-state index contributed by atoms with van der Waals surface area (Å²) in [7, 11) is 0. The molecular formula is C22H23FN4O2S. The van der Waals surface area contributed by atoms with Crippen LogP contribution in [0, 0.1) is 5.82 Å². The molecule has 0 spiro atoms. The average molecular weight is 427 g/mol. The van der Waals surface area contributed by atoms with Crippen LogP contribution in [0.5, 0.6) is 5.75 Å². The Hall–Kier alpha value is -3.00. The van der Waals surface area contributed by atoms with Crippen molar-refractivity contribution in [2.24, 2.45) is 0 Å². The van der Waals surface area contributed by atoms with Crippen molar-refractivity contribution in [3.05, 3.63) is 65.4 Å². The topological polar surface area (TPSA) is 67.3 Å². The van der Waals surface area contributed by atoms with Gasteiger partial charge in [-0.2, -0.15) is 0 Å². The normalized spacial score (nSPS) is 16.3. The molecule has 1 atom stereocenters. The Bertz CT molecular complexity index is 982. The largest absolute Gasteiger partial charge is 0.492 e. The fourth-order valence-corrected chi connectivity index (χ4v) is 4.46. The number of carbonyl (C=O) groups is 1. The first-order valence-electron chi connectivity index (χ1n) is 9.99. The summed E-state index contributed by atoms with van der Waals surface area (Å²) < 4.78 is 19.6. The van der Waals surface area contributed by atoms with Gasteiger partial charge in [0.25, 0.3) is 0 Å². The lowest BCUT2D eigenvalue weighted by Crippen LogP contribution is -2.45. The maximum atomic E-state index is 14.0. The Labute approximate surface area is 178 Å². The van der Waals surface area contributed by atoms with Crippen LogP contribution in [-0.4, -0.2) is 47.4 Å². The van der Waals surface area contributed by atoms with E-state index in [1.807, 2.05) is 30.3 Å². The Morgan fingerprint density at radius 3 is 2.80 bits per heavy atom. The lowest BCUT2D eigenvalue weighted by molar-refractivity contribution is 0.177. The number of nitrogens with one attached hydrogen (secondary N) is 1. The molecule has 3 aromatic rings. The number of para-hydroxylation sites is 1. The van der Waals surface area contributed by atoms with E-state index in [-0.39, 0.29) is 17.8 Å². The second-order valence-electron chi connectivity index (χ2n) is 7.10. The Balaban J connectivity index is 1.30. The van der Waals surface area contributed by atoms with Gasteiger partial charge in [-0.05, 0) is 37.1 Å². The lowest BCUT2D eigenvalue weighted by atomic mass is 9.99. The van der Waals surface area contributed by atoms with E-state index < -0.39 is 0 Å². The number of hydrogen-bond acceptors (Lipinski definition) is 5. The summed E-state index contributed by atoms with van der Waals surface area (Å²) in [4.78, 5) is 14.3. The fraction of sp³-hybridized carbons (Fsp3) is 0.318. The molecule has 30 heavy (non-hydrogen) atoms. The number of hydrogen-bond donors (Lipinski definition) is 1. The van der Waals surface area contributed by atoms with Crippen LogP contribution >= 0.6 is 11.3 Å². The van der Waals surface area contributed by atoms with E-state index in [1.54, 1.807) is 23.1 Å². The fourth-order valence-electron chi connectivity index (χ4n) is 3.46. The molecule has 0 saturated carbocycles. The highest BCUT2D eigenvalue weighted by atomic mass is 32.1. The number of ether oxygens (including phenoxy) is 1. The molecule has 1 fully saturated rings. The molecule has 1 aromatic heterocycles. The number of benzene rings is 2. The van der Waals surface area contributed by atoms with Crippen LogP contribution in [0.4, 0.5) is 9.18 Å². The van der Waals surface area contributed by atoms with Gasteiger partial charge in [0.2, 0.25) is 0 Å². The van der Waals surface area contributed by atoms with Crippen molar-refractivity contribution in [3.63, 3.8) is 0 Å². The molecule has 2 heterocycles. The molecule has 1 saturated heterocycles. The third-order valence-corrected chi connectivity index (χ3v) is 6.11. The Morgan fingerprint density at radius 2 is 1.97 bits per heavy atom. The number of amides is 2. The van der Waals surface area contributed by atoms with Gasteiger partial charge >= 0.3 is 6.03 Å². The van der Waals surface area contributed by atoms with Crippen LogP contribution in [0.15, 0.2) is 54.6 Å². The van der Waals surface area contributed by atoms with Gasteiger partial charge in [-0.25, -0.2) is 9.18 Å². The predicted octanol–water partition coefficient (Wildman–Crippen LogP) is 4.31. The molecule has 8 heteroatoms. The van der Waals surface area contributed by atoms with Gasteiger partial charge in [0, 0.05) is 24.6 Å². The van der Waals surface area contributed by atoms with Crippen LogP contribution in [0.2, 0.25) is 0 Å². The number of rotatable bonds is 6. The third kappa shape index (κ3) is 4.94. The molecule has 156 valence electrons. The van der Waals surface area contributed by atoms with Crippen molar-refractivity contribution in [3.8, 4) is 16.3 Å². The molecule has 2 aromatic carbocycles. The summed E-state index contributed by atoms with van der Waals surface area (Å²) >= 11 is 1.40. The van der Waals surface area contributed by atoms with Gasteiger partial charge in [0.15, 0.2) is 5.01 Å². The van der Waals surface area contributed by atoms with Crippen LogP contribution in [-0.2, 0) is 0 Å². The van der Waals surface area contributed by atoms with Crippen LogP contribution in [0.1, 0.15) is 23.8 Å². The van der Waals surface area contributed by atoms with Gasteiger partial charge in [-0.1, -0.05) is 41.7 Å². The minimum atomic E-state index is -0.303. The number of nitrogens with zero attached hydrogens (tertiary/aromatic N) is 3. The minimum Gasteiger partial charge on any atom is -0.492 e. The molecule has 1 aliphatic heterocycles. The Morgan fingerprint density at radius 1 is 1.17 bits per heavy atom. The third-order valence-electron chi connectivity index (χ3n) is 4.99. The van der Waals surface area contributed by atoms with Gasteiger partial charge in [-0.15, -0.1) is 10.2 Å². The quantitative estimate of drug-likeness (QED) is 0.597. The van der Waals surface area contributed by atoms with E-state index in [0.29, 0.717) is 36.8 Å². The molecular weight excluding hydrogens is 403 g/mol. The summed E-state index contributed by atoms with van der Waals surface area (Å²) in [5, 5.41) is 12.8. The van der Waals surface area contributed by atoms with Crippen molar-refractivity contribution in [1.82, 2.24) is 20.4 Å². The van der Waals surface area contributed by atoms with Crippen molar-refractivity contribution in [2.45, 2.75) is 18.8 Å². The number of aromatic nitrogens is 2. The van der Waals surface area contributed by atoms with Gasteiger partial charge < -0.3 is 15.0 Å². The number of carbonyl (C=O) groups excluding carboxylic acids is 1. The molecule has 1 N–H and O–H groups in total. The highest BCUT2D eigenvalue weighted by Crippen LogP contribution is 2.33. The summed E-state index contributed by atoms with van der Waals surface area (Å²) in [5.74, 6) is 0.595. The molecule has 2 amide bonds. The summed E-state index contributed by atoms with van der Waals surface area (Å²) in [5.41, 5.74) is 0.463. The zero-order valence-electron chi connectivity index (χ0n) is 16.5. The van der Waals surface area contributed by atoms with Crippen molar-refractivity contribution < 1.29 is 13.9 Å². The highest BCUT2D eigenvalue weighted by Gasteiger charge is 2.27.